The van der Waals surface area contributed by atoms with Gasteiger partial charge in [-0.05, 0) is 44.4 Å². The molecular weight excluding hydrogens is 228 g/mol. The van der Waals surface area contributed by atoms with E-state index in [4.69, 9.17) is 5.73 Å². The van der Waals surface area contributed by atoms with Gasteiger partial charge in [-0.3, -0.25) is 0 Å². The summed E-state index contributed by atoms with van der Waals surface area (Å²) in [6, 6.07) is 4.32. The minimum absolute atomic E-state index is 0.00634. The van der Waals surface area contributed by atoms with Crippen LogP contribution >= 0.6 is 11.3 Å². The van der Waals surface area contributed by atoms with Crippen LogP contribution < -0.4 is 5.73 Å². The van der Waals surface area contributed by atoms with E-state index in [2.05, 4.69) is 43.3 Å². The van der Waals surface area contributed by atoms with E-state index in [0.717, 1.165) is 10.7 Å². The van der Waals surface area contributed by atoms with E-state index in [1.54, 1.807) is 11.3 Å². The Labute approximate surface area is 107 Å². The number of hydrogen-bond donors (Lipinski definition) is 1. The molecule has 2 aromatic rings. The van der Waals surface area contributed by atoms with Gasteiger partial charge in [-0.15, -0.1) is 11.3 Å². The van der Waals surface area contributed by atoms with Crippen molar-refractivity contribution in [3.63, 3.8) is 0 Å². The molecule has 1 aromatic carbocycles. The lowest BCUT2D eigenvalue weighted by Gasteiger charge is -2.09. The van der Waals surface area contributed by atoms with Crippen molar-refractivity contribution in [3.8, 4) is 10.6 Å². The molecule has 0 radical (unpaired) electrons. The Bertz CT molecular complexity index is 541. The van der Waals surface area contributed by atoms with Crippen molar-refractivity contribution in [1.29, 1.82) is 0 Å². The summed E-state index contributed by atoms with van der Waals surface area (Å²) in [5, 5.41) is 3.12. The number of benzene rings is 1. The summed E-state index contributed by atoms with van der Waals surface area (Å²) < 4.78 is 0. The van der Waals surface area contributed by atoms with Gasteiger partial charge in [0.1, 0.15) is 5.01 Å². The molecule has 1 aromatic heterocycles. The van der Waals surface area contributed by atoms with Crippen LogP contribution in [0.5, 0.6) is 0 Å². The molecule has 0 amide bonds. The highest BCUT2D eigenvalue weighted by Crippen LogP contribution is 2.30. The predicted molar refractivity (Wildman–Crippen MR) is 74.4 cm³/mol. The first-order chi connectivity index (χ1) is 8.00. The number of aromatic nitrogens is 1. The minimum Gasteiger partial charge on any atom is -0.323 e. The first-order valence-electron chi connectivity index (χ1n) is 5.79. The summed E-state index contributed by atoms with van der Waals surface area (Å²) in [5.41, 5.74) is 12.0. The summed E-state index contributed by atoms with van der Waals surface area (Å²) >= 11 is 1.67. The molecule has 0 aliphatic rings. The molecule has 0 saturated heterocycles. The second kappa shape index (κ2) is 4.59. The standard InChI is InChI=1S/C14H18N2S/c1-8-5-6-12(10(3)9(8)2)14-16-13(7-17-14)11(4)15/h5-7,11H,15H2,1-4H3. The molecule has 0 saturated carbocycles. The molecule has 1 atom stereocenters. The Balaban J connectivity index is 2.49. The van der Waals surface area contributed by atoms with Gasteiger partial charge < -0.3 is 5.73 Å². The van der Waals surface area contributed by atoms with Crippen molar-refractivity contribution in [1.82, 2.24) is 4.98 Å². The predicted octanol–water partition coefficient (Wildman–Crippen LogP) is 3.76. The van der Waals surface area contributed by atoms with Crippen LogP contribution in [0.15, 0.2) is 17.5 Å². The van der Waals surface area contributed by atoms with E-state index in [0.29, 0.717) is 0 Å². The highest BCUT2D eigenvalue weighted by atomic mass is 32.1. The molecule has 1 heterocycles. The summed E-state index contributed by atoms with van der Waals surface area (Å²) in [7, 11) is 0. The minimum atomic E-state index is 0.00634. The van der Waals surface area contributed by atoms with Crippen LogP contribution in [-0.2, 0) is 0 Å². The lowest BCUT2D eigenvalue weighted by atomic mass is 9.99. The van der Waals surface area contributed by atoms with Gasteiger partial charge in [-0.1, -0.05) is 12.1 Å². The molecule has 2 rings (SSSR count). The number of aryl methyl sites for hydroxylation is 1. The highest BCUT2D eigenvalue weighted by molar-refractivity contribution is 7.13. The number of rotatable bonds is 2. The molecule has 2 nitrogen and oxygen atoms in total. The maximum atomic E-state index is 5.84. The third-order valence-electron chi connectivity index (χ3n) is 3.28. The van der Waals surface area contributed by atoms with Gasteiger partial charge in [-0.2, -0.15) is 0 Å². The first-order valence-corrected chi connectivity index (χ1v) is 6.67. The highest BCUT2D eigenvalue weighted by Gasteiger charge is 2.11. The Kier molecular flexibility index (Phi) is 3.31. The van der Waals surface area contributed by atoms with Crippen LogP contribution in [0.2, 0.25) is 0 Å². The van der Waals surface area contributed by atoms with Crippen molar-refractivity contribution in [2.45, 2.75) is 33.7 Å². The van der Waals surface area contributed by atoms with Crippen LogP contribution in [0.3, 0.4) is 0 Å². The maximum absolute atomic E-state index is 5.84. The molecule has 0 spiro atoms. The normalized spacial score (nSPS) is 12.8. The largest absolute Gasteiger partial charge is 0.323 e. The lowest BCUT2D eigenvalue weighted by molar-refractivity contribution is 0.790. The van der Waals surface area contributed by atoms with Crippen molar-refractivity contribution >= 4 is 11.3 Å². The summed E-state index contributed by atoms with van der Waals surface area (Å²) in [6.45, 7) is 8.42. The van der Waals surface area contributed by atoms with Gasteiger partial charge in [-0.25, -0.2) is 4.98 Å². The Morgan fingerprint density at radius 2 is 1.88 bits per heavy atom. The van der Waals surface area contributed by atoms with Gasteiger partial charge in [0.15, 0.2) is 0 Å². The average Bonchev–Trinajstić information content (AvgIpc) is 2.75. The van der Waals surface area contributed by atoms with E-state index < -0.39 is 0 Å². The molecule has 1 unspecified atom stereocenters. The Morgan fingerprint density at radius 1 is 1.18 bits per heavy atom. The zero-order valence-corrected chi connectivity index (χ0v) is 11.6. The van der Waals surface area contributed by atoms with Crippen molar-refractivity contribution in [2.24, 2.45) is 5.73 Å². The molecule has 90 valence electrons. The van der Waals surface area contributed by atoms with Crippen LogP contribution in [0.4, 0.5) is 0 Å². The molecule has 0 bridgehead atoms. The fourth-order valence-electron chi connectivity index (χ4n) is 1.81. The van der Waals surface area contributed by atoms with Gasteiger partial charge >= 0.3 is 0 Å². The van der Waals surface area contributed by atoms with E-state index in [9.17, 15) is 0 Å². The molecular formula is C14H18N2S. The SMILES string of the molecule is Cc1ccc(-c2nc(C(C)N)cs2)c(C)c1C. The lowest BCUT2D eigenvalue weighted by Crippen LogP contribution is -2.04. The summed E-state index contributed by atoms with van der Waals surface area (Å²) in [4.78, 5) is 4.61. The third-order valence-corrected chi connectivity index (χ3v) is 4.17. The quantitative estimate of drug-likeness (QED) is 0.876. The Morgan fingerprint density at radius 3 is 2.47 bits per heavy atom. The molecule has 17 heavy (non-hydrogen) atoms. The molecule has 2 N–H and O–H groups in total. The summed E-state index contributed by atoms with van der Waals surface area (Å²) in [6.07, 6.45) is 0. The van der Waals surface area contributed by atoms with Gasteiger partial charge in [0, 0.05) is 17.0 Å². The molecule has 0 fully saturated rings. The summed E-state index contributed by atoms with van der Waals surface area (Å²) in [5.74, 6) is 0. The molecule has 0 aliphatic heterocycles. The van der Waals surface area contributed by atoms with Crippen LogP contribution in [0, 0.1) is 20.8 Å². The van der Waals surface area contributed by atoms with E-state index in [-0.39, 0.29) is 6.04 Å². The number of thiazole rings is 1. The number of nitrogens with zero attached hydrogens (tertiary/aromatic N) is 1. The third kappa shape index (κ3) is 2.26. The van der Waals surface area contributed by atoms with Crippen LogP contribution in [-0.4, -0.2) is 4.98 Å². The zero-order chi connectivity index (χ0) is 12.6. The maximum Gasteiger partial charge on any atom is 0.123 e. The van der Waals surface area contributed by atoms with E-state index in [1.165, 1.54) is 22.3 Å². The van der Waals surface area contributed by atoms with E-state index in [1.807, 2.05) is 6.92 Å². The van der Waals surface area contributed by atoms with Crippen molar-refractivity contribution in [3.05, 3.63) is 39.9 Å². The molecule has 0 aliphatic carbocycles. The smallest absolute Gasteiger partial charge is 0.123 e. The van der Waals surface area contributed by atoms with Crippen molar-refractivity contribution < 1.29 is 0 Å². The first kappa shape index (κ1) is 12.3. The van der Waals surface area contributed by atoms with Crippen LogP contribution in [0.25, 0.3) is 10.6 Å². The average molecular weight is 246 g/mol. The second-order valence-corrected chi connectivity index (χ2v) is 5.40. The molecule has 3 heteroatoms. The second-order valence-electron chi connectivity index (χ2n) is 4.55. The van der Waals surface area contributed by atoms with Gasteiger partial charge in [0.05, 0.1) is 5.69 Å². The van der Waals surface area contributed by atoms with E-state index >= 15 is 0 Å². The fourth-order valence-corrected chi connectivity index (χ4v) is 2.81. The fraction of sp³-hybridized carbons (Fsp3) is 0.357. The number of nitrogens with two attached hydrogens (primary N) is 1. The zero-order valence-electron chi connectivity index (χ0n) is 10.7. The monoisotopic (exact) mass is 246 g/mol. The van der Waals surface area contributed by atoms with Gasteiger partial charge in [0.2, 0.25) is 0 Å². The Hall–Kier alpha value is -1.19. The van der Waals surface area contributed by atoms with Crippen LogP contribution in [0.1, 0.15) is 35.3 Å². The topological polar surface area (TPSA) is 38.9 Å². The number of hydrogen-bond acceptors (Lipinski definition) is 3. The van der Waals surface area contributed by atoms with Crippen molar-refractivity contribution in [2.75, 3.05) is 0 Å². The van der Waals surface area contributed by atoms with Gasteiger partial charge in [0.25, 0.3) is 0 Å².